The van der Waals surface area contributed by atoms with Crippen molar-refractivity contribution in [2.45, 2.75) is 0 Å². The van der Waals surface area contributed by atoms with Crippen LogP contribution in [-0.4, -0.2) is 12.0 Å². The van der Waals surface area contributed by atoms with Crippen LogP contribution in [0.2, 0.25) is 0 Å². The van der Waals surface area contributed by atoms with Gasteiger partial charge >= 0.3 is 0 Å². The van der Waals surface area contributed by atoms with E-state index in [9.17, 15) is 14.5 Å². The molecule has 0 unspecified atom stereocenters. The van der Waals surface area contributed by atoms with Crippen LogP contribution in [0.25, 0.3) is 0 Å². The summed E-state index contributed by atoms with van der Waals surface area (Å²) in [6, 6.07) is 8.23. The molecule has 0 spiro atoms. The largest absolute Gasteiger partial charge is 0.492 e. The zero-order valence-corrected chi connectivity index (χ0v) is 11.9. The lowest BCUT2D eigenvalue weighted by Crippen LogP contribution is -1.94. The molecule has 0 N–H and O–H groups in total. The summed E-state index contributed by atoms with van der Waals surface area (Å²) in [5.74, 6) is -0.229. The maximum Gasteiger partial charge on any atom is 0.272 e. The highest BCUT2D eigenvalue weighted by Crippen LogP contribution is 2.38. The molecule has 0 aliphatic rings. The molecule has 5 nitrogen and oxygen atoms in total. The summed E-state index contributed by atoms with van der Waals surface area (Å²) in [4.78, 5) is 9.87. The molecule has 0 heterocycles. The first-order valence-corrected chi connectivity index (χ1v) is 6.26. The summed E-state index contributed by atoms with van der Waals surface area (Å²) >= 11 is 3.28. The first-order valence-electron chi connectivity index (χ1n) is 5.47. The fourth-order valence-corrected chi connectivity index (χ4v) is 2.08. The van der Waals surface area contributed by atoms with Gasteiger partial charge in [-0.25, -0.2) is 4.39 Å². The van der Waals surface area contributed by atoms with E-state index in [4.69, 9.17) is 9.47 Å². The highest BCUT2D eigenvalue weighted by atomic mass is 79.9. The van der Waals surface area contributed by atoms with Gasteiger partial charge in [0.05, 0.1) is 22.6 Å². The van der Waals surface area contributed by atoms with Gasteiger partial charge in [0.1, 0.15) is 0 Å². The average molecular weight is 342 g/mol. The third kappa shape index (κ3) is 2.88. The second-order valence-corrected chi connectivity index (χ2v) is 4.60. The van der Waals surface area contributed by atoms with Gasteiger partial charge in [0, 0.05) is 6.07 Å². The van der Waals surface area contributed by atoms with Crippen LogP contribution in [-0.2, 0) is 0 Å². The summed E-state index contributed by atoms with van der Waals surface area (Å²) < 4.78 is 24.9. The summed E-state index contributed by atoms with van der Waals surface area (Å²) in [5, 5.41) is 10.5. The summed E-state index contributed by atoms with van der Waals surface area (Å²) in [6.07, 6.45) is 0. The van der Waals surface area contributed by atoms with Gasteiger partial charge in [0.2, 0.25) is 0 Å². The fourth-order valence-electron chi connectivity index (χ4n) is 1.57. The standard InChI is InChI=1S/C13H9BrFNO4/c1-19-13-9(14)3-2-4-12(13)20-11-6-5-8(16(17)18)7-10(11)15/h2-7H,1H3. The minimum Gasteiger partial charge on any atom is -0.492 e. The van der Waals surface area contributed by atoms with Gasteiger partial charge in [-0.3, -0.25) is 10.1 Å². The lowest BCUT2D eigenvalue weighted by molar-refractivity contribution is -0.385. The quantitative estimate of drug-likeness (QED) is 0.614. The van der Waals surface area contributed by atoms with Crippen molar-refractivity contribution in [3.63, 3.8) is 0 Å². The number of non-ortho nitro benzene ring substituents is 1. The molecular weight excluding hydrogens is 333 g/mol. The number of nitro groups is 1. The third-order valence-corrected chi connectivity index (χ3v) is 3.11. The van der Waals surface area contributed by atoms with Crippen LogP contribution in [0.4, 0.5) is 10.1 Å². The molecule has 0 radical (unpaired) electrons. The van der Waals surface area contributed by atoms with Crippen LogP contribution in [0.5, 0.6) is 17.2 Å². The molecule has 104 valence electrons. The molecule has 2 aromatic carbocycles. The number of ether oxygens (including phenoxy) is 2. The smallest absolute Gasteiger partial charge is 0.272 e. The van der Waals surface area contributed by atoms with Crippen molar-refractivity contribution >= 4 is 21.6 Å². The number of nitrogens with zero attached hydrogens (tertiary/aromatic N) is 1. The number of para-hydroxylation sites is 1. The Morgan fingerprint density at radius 3 is 2.60 bits per heavy atom. The van der Waals surface area contributed by atoms with Crippen LogP contribution in [0.1, 0.15) is 0 Å². The van der Waals surface area contributed by atoms with Gasteiger partial charge in [0.25, 0.3) is 5.69 Å². The van der Waals surface area contributed by atoms with Crippen molar-refractivity contribution in [1.29, 1.82) is 0 Å². The highest BCUT2D eigenvalue weighted by molar-refractivity contribution is 9.10. The Labute approximate surface area is 122 Å². The van der Waals surface area contributed by atoms with E-state index in [0.29, 0.717) is 16.0 Å². The molecule has 2 aromatic rings. The van der Waals surface area contributed by atoms with Gasteiger partial charge in [0.15, 0.2) is 23.1 Å². The minimum absolute atomic E-state index is 0.119. The van der Waals surface area contributed by atoms with Crippen molar-refractivity contribution < 1.29 is 18.8 Å². The Kier molecular flexibility index (Phi) is 4.19. The highest BCUT2D eigenvalue weighted by Gasteiger charge is 2.15. The van der Waals surface area contributed by atoms with Gasteiger partial charge < -0.3 is 9.47 Å². The Balaban J connectivity index is 2.36. The van der Waals surface area contributed by atoms with Crippen LogP contribution in [0.3, 0.4) is 0 Å². The van der Waals surface area contributed by atoms with Gasteiger partial charge in [-0.05, 0) is 34.1 Å². The van der Waals surface area contributed by atoms with E-state index in [0.717, 1.165) is 6.07 Å². The molecule has 20 heavy (non-hydrogen) atoms. The number of hydrogen-bond acceptors (Lipinski definition) is 4. The Bertz CT molecular complexity index is 663. The van der Waals surface area contributed by atoms with Crippen molar-refractivity contribution in [2.75, 3.05) is 7.11 Å². The number of methoxy groups -OCH3 is 1. The Morgan fingerprint density at radius 1 is 1.25 bits per heavy atom. The zero-order chi connectivity index (χ0) is 14.7. The number of benzene rings is 2. The molecule has 0 atom stereocenters. The second-order valence-electron chi connectivity index (χ2n) is 3.75. The zero-order valence-electron chi connectivity index (χ0n) is 10.3. The van der Waals surface area contributed by atoms with Crippen LogP contribution < -0.4 is 9.47 Å². The second kappa shape index (κ2) is 5.87. The van der Waals surface area contributed by atoms with E-state index in [-0.39, 0.29) is 11.4 Å². The van der Waals surface area contributed by atoms with Gasteiger partial charge in [-0.15, -0.1) is 0 Å². The third-order valence-electron chi connectivity index (χ3n) is 2.48. The molecule has 0 aliphatic carbocycles. The molecule has 0 amide bonds. The molecule has 0 aromatic heterocycles. The summed E-state index contributed by atoms with van der Waals surface area (Å²) in [7, 11) is 1.46. The predicted octanol–water partition coefficient (Wildman–Crippen LogP) is 4.30. The van der Waals surface area contributed by atoms with E-state index in [2.05, 4.69) is 15.9 Å². The number of nitro benzene ring substituents is 1. The van der Waals surface area contributed by atoms with Gasteiger partial charge in [-0.2, -0.15) is 0 Å². The minimum atomic E-state index is -0.818. The van der Waals surface area contributed by atoms with Crippen LogP contribution >= 0.6 is 15.9 Å². The van der Waals surface area contributed by atoms with Gasteiger partial charge in [-0.1, -0.05) is 6.07 Å². The van der Waals surface area contributed by atoms with E-state index < -0.39 is 10.7 Å². The molecule has 2 rings (SSSR count). The SMILES string of the molecule is COc1c(Br)cccc1Oc1ccc([N+](=O)[O-])cc1F. The molecule has 7 heteroatoms. The number of hydrogen-bond donors (Lipinski definition) is 0. The summed E-state index contributed by atoms with van der Waals surface area (Å²) in [6.45, 7) is 0. The molecule has 0 aliphatic heterocycles. The van der Waals surface area contributed by atoms with Crippen LogP contribution in [0.15, 0.2) is 40.9 Å². The fraction of sp³-hybridized carbons (Fsp3) is 0.0769. The first-order chi connectivity index (χ1) is 9.52. The van der Waals surface area contributed by atoms with Crippen molar-refractivity contribution in [2.24, 2.45) is 0 Å². The van der Waals surface area contributed by atoms with Crippen molar-refractivity contribution in [1.82, 2.24) is 0 Å². The number of halogens is 2. The molecule has 0 fully saturated rings. The van der Waals surface area contributed by atoms with Crippen molar-refractivity contribution in [3.8, 4) is 17.2 Å². The first kappa shape index (κ1) is 14.3. The number of rotatable bonds is 4. The normalized spacial score (nSPS) is 10.2. The topological polar surface area (TPSA) is 61.6 Å². The van der Waals surface area contributed by atoms with Crippen LogP contribution in [0, 0.1) is 15.9 Å². The maximum absolute atomic E-state index is 13.8. The molecule has 0 saturated heterocycles. The average Bonchev–Trinajstić information content (AvgIpc) is 2.41. The molecular formula is C13H9BrFNO4. The lowest BCUT2D eigenvalue weighted by Gasteiger charge is -2.11. The molecule has 0 bridgehead atoms. The lowest BCUT2D eigenvalue weighted by atomic mass is 10.3. The Hall–Kier alpha value is -2.15. The van der Waals surface area contributed by atoms with E-state index in [1.54, 1.807) is 18.2 Å². The Morgan fingerprint density at radius 2 is 2.00 bits per heavy atom. The maximum atomic E-state index is 13.8. The van der Waals surface area contributed by atoms with E-state index in [1.165, 1.54) is 19.2 Å². The summed E-state index contributed by atoms with van der Waals surface area (Å²) in [5.41, 5.74) is -0.337. The molecule has 0 saturated carbocycles. The van der Waals surface area contributed by atoms with E-state index >= 15 is 0 Å². The van der Waals surface area contributed by atoms with E-state index in [1.807, 2.05) is 0 Å². The predicted molar refractivity (Wildman–Crippen MR) is 73.8 cm³/mol. The van der Waals surface area contributed by atoms with Crippen molar-refractivity contribution in [3.05, 3.63) is 56.8 Å². The monoisotopic (exact) mass is 341 g/mol.